The molecule has 0 aliphatic carbocycles. The second kappa shape index (κ2) is 4.45. The van der Waals surface area contributed by atoms with Gasteiger partial charge in [0.1, 0.15) is 0 Å². The maximum absolute atomic E-state index is 8.99. The molecule has 0 spiro atoms. The molecule has 0 saturated carbocycles. The van der Waals surface area contributed by atoms with Crippen molar-refractivity contribution >= 4 is 17.7 Å². The summed E-state index contributed by atoms with van der Waals surface area (Å²) in [4.78, 5) is 0. The standard InChI is InChI=1S/C11H13ClO/c1-3-9-5-4-6-10(11(9)12)8(2)7-13/h3-6,8,13H,1,7H2,2H3. The maximum Gasteiger partial charge on any atom is 0.0513 e. The van der Waals surface area contributed by atoms with Crippen LogP contribution in [0.25, 0.3) is 6.08 Å². The minimum atomic E-state index is 0.0763. The monoisotopic (exact) mass is 196 g/mol. The zero-order valence-corrected chi connectivity index (χ0v) is 8.38. The van der Waals surface area contributed by atoms with Crippen molar-refractivity contribution in [3.63, 3.8) is 0 Å². The first-order valence-corrected chi connectivity index (χ1v) is 4.60. The van der Waals surface area contributed by atoms with Gasteiger partial charge >= 0.3 is 0 Å². The molecule has 1 aromatic rings. The zero-order chi connectivity index (χ0) is 9.84. The number of benzene rings is 1. The van der Waals surface area contributed by atoms with Crippen molar-refractivity contribution in [2.75, 3.05) is 6.61 Å². The van der Waals surface area contributed by atoms with Crippen LogP contribution in [0.3, 0.4) is 0 Å². The summed E-state index contributed by atoms with van der Waals surface area (Å²) in [5.74, 6) is 0.0763. The maximum atomic E-state index is 8.99. The van der Waals surface area contributed by atoms with Crippen LogP contribution in [0.2, 0.25) is 5.02 Å². The van der Waals surface area contributed by atoms with Crippen LogP contribution in [0, 0.1) is 0 Å². The Morgan fingerprint density at radius 1 is 1.62 bits per heavy atom. The Hall–Kier alpha value is -0.790. The molecule has 1 rings (SSSR count). The van der Waals surface area contributed by atoms with E-state index in [4.69, 9.17) is 16.7 Å². The number of hydrogen-bond acceptors (Lipinski definition) is 1. The van der Waals surface area contributed by atoms with Gasteiger partial charge in [-0.3, -0.25) is 0 Å². The van der Waals surface area contributed by atoms with Gasteiger partial charge in [0.05, 0.1) is 5.02 Å². The van der Waals surface area contributed by atoms with E-state index in [-0.39, 0.29) is 12.5 Å². The molecule has 0 radical (unpaired) electrons. The van der Waals surface area contributed by atoms with Crippen LogP contribution >= 0.6 is 11.6 Å². The van der Waals surface area contributed by atoms with Gasteiger partial charge < -0.3 is 5.11 Å². The normalized spacial score (nSPS) is 12.5. The second-order valence-corrected chi connectivity index (χ2v) is 3.42. The molecule has 0 amide bonds. The van der Waals surface area contributed by atoms with E-state index < -0.39 is 0 Å². The van der Waals surface area contributed by atoms with E-state index in [2.05, 4.69) is 6.58 Å². The Morgan fingerprint density at radius 2 is 2.31 bits per heavy atom. The molecule has 1 unspecified atom stereocenters. The van der Waals surface area contributed by atoms with E-state index in [0.717, 1.165) is 11.1 Å². The van der Waals surface area contributed by atoms with Crippen molar-refractivity contribution in [3.8, 4) is 0 Å². The minimum absolute atomic E-state index is 0.0763. The topological polar surface area (TPSA) is 20.2 Å². The molecule has 1 N–H and O–H groups in total. The minimum Gasteiger partial charge on any atom is -0.396 e. The lowest BCUT2D eigenvalue weighted by atomic mass is 10.00. The van der Waals surface area contributed by atoms with Gasteiger partial charge in [0, 0.05) is 12.5 Å². The lowest BCUT2D eigenvalue weighted by Crippen LogP contribution is -2.00. The Kier molecular flexibility index (Phi) is 3.52. The van der Waals surface area contributed by atoms with Crippen LogP contribution in [0.15, 0.2) is 24.8 Å². The summed E-state index contributed by atoms with van der Waals surface area (Å²) < 4.78 is 0. The lowest BCUT2D eigenvalue weighted by molar-refractivity contribution is 0.273. The summed E-state index contributed by atoms with van der Waals surface area (Å²) in [6.45, 7) is 5.72. The van der Waals surface area contributed by atoms with Crippen LogP contribution in [0.5, 0.6) is 0 Å². The molecule has 0 saturated heterocycles. The molecule has 1 atom stereocenters. The van der Waals surface area contributed by atoms with Gasteiger partial charge in [-0.1, -0.05) is 49.4 Å². The van der Waals surface area contributed by atoms with E-state index in [1.807, 2.05) is 25.1 Å². The number of aliphatic hydroxyl groups is 1. The van der Waals surface area contributed by atoms with Crippen molar-refractivity contribution in [3.05, 3.63) is 40.9 Å². The van der Waals surface area contributed by atoms with Crippen molar-refractivity contribution < 1.29 is 5.11 Å². The van der Waals surface area contributed by atoms with Gasteiger partial charge in [0.15, 0.2) is 0 Å². The van der Waals surface area contributed by atoms with Gasteiger partial charge in [-0.05, 0) is 11.1 Å². The van der Waals surface area contributed by atoms with E-state index in [1.165, 1.54) is 0 Å². The Labute approximate surface area is 83.7 Å². The third kappa shape index (κ3) is 2.11. The lowest BCUT2D eigenvalue weighted by Gasteiger charge is -2.11. The first-order valence-electron chi connectivity index (χ1n) is 4.22. The largest absolute Gasteiger partial charge is 0.396 e. The molecule has 1 aromatic carbocycles. The predicted molar refractivity (Wildman–Crippen MR) is 57.0 cm³/mol. The van der Waals surface area contributed by atoms with E-state index in [9.17, 15) is 0 Å². The van der Waals surface area contributed by atoms with E-state index in [1.54, 1.807) is 6.08 Å². The van der Waals surface area contributed by atoms with Gasteiger partial charge in [-0.15, -0.1) is 0 Å². The molecule has 0 fully saturated rings. The first-order chi connectivity index (χ1) is 6.20. The fourth-order valence-corrected chi connectivity index (χ4v) is 1.59. The predicted octanol–water partition coefficient (Wildman–Crippen LogP) is 3.08. The highest BCUT2D eigenvalue weighted by molar-refractivity contribution is 6.32. The van der Waals surface area contributed by atoms with Crippen molar-refractivity contribution in [1.29, 1.82) is 0 Å². The van der Waals surface area contributed by atoms with Crippen LogP contribution in [-0.2, 0) is 0 Å². The quantitative estimate of drug-likeness (QED) is 0.788. The molecule has 70 valence electrons. The molecular weight excluding hydrogens is 184 g/mol. The van der Waals surface area contributed by atoms with Crippen LogP contribution < -0.4 is 0 Å². The average Bonchev–Trinajstić information content (AvgIpc) is 2.17. The summed E-state index contributed by atoms with van der Waals surface area (Å²) >= 11 is 6.10. The molecule has 0 bridgehead atoms. The van der Waals surface area contributed by atoms with Gasteiger partial charge in [0.2, 0.25) is 0 Å². The van der Waals surface area contributed by atoms with Crippen LogP contribution in [-0.4, -0.2) is 11.7 Å². The van der Waals surface area contributed by atoms with E-state index in [0.29, 0.717) is 5.02 Å². The van der Waals surface area contributed by atoms with Gasteiger partial charge in [0.25, 0.3) is 0 Å². The van der Waals surface area contributed by atoms with Crippen molar-refractivity contribution in [2.45, 2.75) is 12.8 Å². The molecule has 0 aliphatic rings. The molecule has 13 heavy (non-hydrogen) atoms. The highest BCUT2D eigenvalue weighted by Gasteiger charge is 2.09. The number of hydrogen-bond donors (Lipinski definition) is 1. The average molecular weight is 197 g/mol. The highest BCUT2D eigenvalue weighted by Crippen LogP contribution is 2.27. The van der Waals surface area contributed by atoms with Gasteiger partial charge in [-0.2, -0.15) is 0 Å². The fraction of sp³-hybridized carbons (Fsp3) is 0.273. The van der Waals surface area contributed by atoms with Gasteiger partial charge in [-0.25, -0.2) is 0 Å². The third-order valence-electron chi connectivity index (χ3n) is 2.08. The zero-order valence-electron chi connectivity index (χ0n) is 7.63. The molecule has 0 aliphatic heterocycles. The van der Waals surface area contributed by atoms with E-state index >= 15 is 0 Å². The summed E-state index contributed by atoms with van der Waals surface area (Å²) in [7, 11) is 0. The Morgan fingerprint density at radius 3 is 2.85 bits per heavy atom. The Bertz CT molecular complexity index is 307. The fourth-order valence-electron chi connectivity index (χ4n) is 1.21. The summed E-state index contributed by atoms with van der Waals surface area (Å²) in [6, 6.07) is 5.75. The number of aliphatic hydroxyl groups excluding tert-OH is 1. The third-order valence-corrected chi connectivity index (χ3v) is 2.52. The second-order valence-electron chi connectivity index (χ2n) is 3.04. The molecule has 0 aromatic heterocycles. The molecular formula is C11H13ClO. The first kappa shape index (κ1) is 10.3. The molecule has 2 heteroatoms. The van der Waals surface area contributed by atoms with Crippen LogP contribution in [0.4, 0.5) is 0 Å². The highest BCUT2D eigenvalue weighted by atomic mass is 35.5. The van der Waals surface area contributed by atoms with Crippen molar-refractivity contribution in [1.82, 2.24) is 0 Å². The summed E-state index contributed by atoms with van der Waals surface area (Å²) in [6.07, 6.45) is 1.72. The van der Waals surface area contributed by atoms with Crippen LogP contribution in [0.1, 0.15) is 24.0 Å². The number of rotatable bonds is 3. The number of halogens is 1. The smallest absolute Gasteiger partial charge is 0.0513 e. The SMILES string of the molecule is C=Cc1cccc(C(C)CO)c1Cl. The summed E-state index contributed by atoms with van der Waals surface area (Å²) in [5, 5.41) is 9.69. The van der Waals surface area contributed by atoms with Crippen molar-refractivity contribution in [2.24, 2.45) is 0 Å². The molecule has 0 heterocycles. The Balaban J connectivity index is 3.15. The molecule has 1 nitrogen and oxygen atoms in total. The summed E-state index contributed by atoms with van der Waals surface area (Å²) in [5.41, 5.74) is 1.89.